The third-order valence-corrected chi connectivity index (χ3v) is 2.86. The van der Waals surface area contributed by atoms with Gasteiger partial charge in [0.1, 0.15) is 0 Å². The molecule has 0 fully saturated rings. The molecule has 0 bridgehead atoms. The fraction of sp³-hybridized carbons (Fsp3) is 0.700. The van der Waals surface area contributed by atoms with Crippen molar-refractivity contribution >= 4 is 11.3 Å². The van der Waals surface area contributed by atoms with Gasteiger partial charge in [-0.05, 0) is 0 Å². The molecule has 1 heterocycles. The third kappa shape index (κ3) is 3.04. The van der Waals surface area contributed by atoms with Crippen LogP contribution in [0.15, 0.2) is 5.38 Å². The molecule has 3 N–H and O–H groups in total. The van der Waals surface area contributed by atoms with Crippen LogP contribution in [0.3, 0.4) is 0 Å². The van der Waals surface area contributed by atoms with Crippen LogP contribution in [-0.4, -0.2) is 22.7 Å². The summed E-state index contributed by atoms with van der Waals surface area (Å²) >= 11 is 1.62. The number of thiazole rings is 1. The average molecular weight is 214 g/mol. The first kappa shape index (κ1) is 11.6. The maximum atomic E-state index is 8.81. The fourth-order valence-electron chi connectivity index (χ4n) is 1.04. The molecule has 0 amide bonds. The number of aromatic nitrogens is 1. The number of nitrogens with zero attached hydrogens (tertiary/aromatic N) is 1. The molecule has 0 radical (unpaired) electrons. The smallest absolute Gasteiger partial charge is 0.0944 e. The van der Waals surface area contributed by atoms with Crippen LogP contribution in [0.4, 0.5) is 0 Å². The SMILES string of the molecule is CC(C)(C)c1csc(CC(N)CO)n1. The lowest BCUT2D eigenvalue weighted by Gasteiger charge is -2.14. The van der Waals surface area contributed by atoms with Gasteiger partial charge in [0.2, 0.25) is 0 Å². The highest BCUT2D eigenvalue weighted by Gasteiger charge is 2.17. The van der Waals surface area contributed by atoms with Crippen LogP contribution in [0.1, 0.15) is 31.5 Å². The molecule has 1 atom stereocenters. The van der Waals surface area contributed by atoms with Crippen LogP contribution in [0.5, 0.6) is 0 Å². The van der Waals surface area contributed by atoms with E-state index in [1.807, 2.05) is 0 Å². The van der Waals surface area contributed by atoms with Crippen molar-refractivity contribution < 1.29 is 5.11 Å². The Morgan fingerprint density at radius 3 is 2.64 bits per heavy atom. The molecule has 1 unspecified atom stereocenters. The number of hydrogen-bond acceptors (Lipinski definition) is 4. The molecule has 0 saturated heterocycles. The summed E-state index contributed by atoms with van der Waals surface area (Å²) in [6.07, 6.45) is 0.664. The standard InChI is InChI=1S/C10H18N2OS/c1-10(2,3)8-6-14-9(12-8)4-7(11)5-13/h6-7,13H,4-5,11H2,1-3H3. The van der Waals surface area contributed by atoms with E-state index in [1.54, 1.807) is 11.3 Å². The number of aliphatic hydroxyl groups excluding tert-OH is 1. The number of hydrogen-bond donors (Lipinski definition) is 2. The van der Waals surface area contributed by atoms with E-state index < -0.39 is 0 Å². The summed E-state index contributed by atoms with van der Waals surface area (Å²) in [6.45, 7) is 6.43. The molecule has 1 rings (SSSR count). The Bertz CT molecular complexity index is 291. The molecular formula is C10H18N2OS. The Balaban J connectivity index is 2.69. The maximum absolute atomic E-state index is 8.81. The van der Waals surface area contributed by atoms with E-state index in [0.29, 0.717) is 6.42 Å². The van der Waals surface area contributed by atoms with Gasteiger partial charge in [-0.15, -0.1) is 11.3 Å². The van der Waals surface area contributed by atoms with Crippen molar-refractivity contribution in [2.24, 2.45) is 5.73 Å². The molecule has 0 aliphatic rings. The quantitative estimate of drug-likeness (QED) is 0.797. The minimum absolute atomic E-state index is 0.0183. The van der Waals surface area contributed by atoms with Crippen molar-refractivity contribution in [2.75, 3.05) is 6.61 Å². The fourth-order valence-corrected chi connectivity index (χ4v) is 2.15. The van der Waals surface area contributed by atoms with Gasteiger partial charge in [0.25, 0.3) is 0 Å². The normalized spacial score (nSPS) is 14.4. The zero-order valence-corrected chi connectivity index (χ0v) is 9.77. The highest BCUT2D eigenvalue weighted by molar-refractivity contribution is 7.09. The van der Waals surface area contributed by atoms with Crippen LogP contribution in [0, 0.1) is 0 Å². The molecule has 3 nitrogen and oxygen atoms in total. The van der Waals surface area contributed by atoms with Crippen molar-refractivity contribution in [3.8, 4) is 0 Å². The molecule has 14 heavy (non-hydrogen) atoms. The predicted octanol–water partition coefficient (Wildman–Crippen LogP) is 1.30. The van der Waals surface area contributed by atoms with Crippen molar-refractivity contribution in [2.45, 2.75) is 38.6 Å². The van der Waals surface area contributed by atoms with Crippen LogP contribution < -0.4 is 5.73 Å². The van der Waals surface area contributed by atoms with Gasteiger partial charge in [-0.3, -0.25) is 0 Å². The molecule has 0 saturated carbocycles. The largest absolute Gasteiger partial charge is 0.395 e. The second kappa shape index (κ2) is 4.38. The minimum Gasteiger partial charge on any atom is -0.395 e. The topological polar surface area (TPSA) is 59.1 Å². The highest BCUT2D eigenvalue weighted by Crippen LogP contribution is 2.24. The lowest BCUT2D eigenvalue weighted by Crippen LogP contribution is -2.26. The Labute approximate surface area is 89.0 Å². The maximum Gasteiger partial charge on any atom is 0.0944 e. The molecule has 4 heteroatoms. The zero-order valence-electron chi connectivity index (χ0n) is 8.95. The van der Waals surface area contributed by atoms with Crippen LogP contribution in [-0.2, 0) is 11.8 Å². The van der Waals surface area contributed by atoms with E-state index >= 15 is 0 Å². The molecule has 80 valence electrons. The Hall–Kier alpha value is -0.450. The predicted molar refractivity (Wildman–Crippen MR) is 59.6 cm³/mol. The van der Waals surface area contributed by atoms with E-state index in [2.05, 4.69) is 31.1 Å². The van der Waals surface area contributed by atoms with Gasteiger partial charge in [-0.1, -0.05) is 20.8 Å². The molecule has 1 aromatic rings. The van der Waals surface area contributed by atoms with E-state index in [9.17, 15) is 0 Å². The van der Waals surface area contributed by atoms with Gasteiger partial charge in [0.05, 0.1) is 17.3 Å². The summed E-state index contributed by atoms with van der Waals surface area (Å²) in [6, 6.07) is -0.186. The summed E-state index contributed by atoms with van der Waals surface area (Å²) in [5.74, 6) is 0. The summed E-state index contributed by atoms with van der Waals surface area (Å²) in [5, 5.41) is 11.9. The highest BCUT2D eigenvalue weighted by atomic mass is 32.1. The average Bonchev–Trinajstić information content (AvgIpc) is 2.51. The zero-order chi connectivity index (χ0) is 10.8. The molecule has 0 spiro atoms. The number of rotatable bonds is 3. The van der Waals surface area contributed by atoms with Crippen molar-refractivity contribution in [1.82, 2.24) is 4.98 Å². The van der Waals surface area contributed by atoms with Gasteiger partial charge in [0, 0.05) is 23.3 Å². The number of aliphatic hydroxyl groups is 1. The molecule has 0 aliphatic heterocycles. The Kier molecular flexibility index (Phi) is 3.64. The summed E-state index contributed by atoms with van der Waals surface area (Å²) in [4.78, 5) is 4.50. The molecular weight excluding hydrogens is 196 g/mol. The second-order valence-electron chi connectivity index (χ2n) is 4.52. The van der Waals surface area contributed by atoms with Gasteiger partial charge in [-0.2, -0.15) is 0 Å². The van der Waals surface area contributed by atoms with E-state index in [4.69, 9.17) is 10.8 Å². The van der Waals surface area contributed by atoms with E-state index in [0.717, 1.165) is 10.7 Å². The summed E-state index contributed by atoms with van der Waals surface area (Å²) < 4.78 is 0. The first-order chi connectivity index (χ1) is 6.43. The lowest BCUT2D eigenvalue weighted by atomic mass is 9.93. The third-order valence-electron chi connectivity index (χ3n) is 1.99. The van der Waals surface area contributed by atoms with Gasteiger partial charge in [0.15, 0.2) is 0 Å². The number of nitrogens with two attached hydrogens (primary N) is 1. The first-order valence-electron chi connectivity index (χ1n) is 4.75. The Morgan fingerprint density at radius 1 is 1.57 bits per heavy atom. The van der Waals surface area contributed by atoms with Crippen molar-refractivity contribution in [1.29, 1.82) is 0 Å². The minimum atomic E-state index is -0.186. The molecule has 0 aliphatic carbocycles. The van der Waals surface area contributed by atoms with Crippen molar-refractivity contribution in [3.63, 3.8) is 0 Å². The lowest BCUT2D eigenvalue weighted by molar-refractivity contribution is 0.265. The van der Waals surface area contributed by atoms with Crippen LogP contribution in [0.25, 0.3) is 0 Å². The summed E-state index contributed by atoms with van der Waals surface area (Å²) in [5.41, 5.74) is 6.83. The molecule has 0 aromatic carbocycles. The van der Waals surface area contributed by atoms with Gasteiger partial charge < -0.3 is 10.8 Å². The second-order valence-corrected chi connectivity index (χ2v) is 5.47. The first-order valence-corrected chi connectivity index (χ1v) is 5.62. The van der Waals surface area contributed by atoms with Crippen LogP contribution in [0.2, 0.25) is 0 Å². The Morgan fingerprint density at radius 2 is 2.21 bits per heavy atom. The molecule has 1 aromatic heterocycles. The van der Waals surface area contributed by atoms with E-state index in [-0.39, 0.29) is 18.1 Å². The van der Waals surface area contributed by atoms with E-state index in [1.165, 1.54) is 0 Å². The van der Waals surface area contributed by atoms with Crippen LogP contribution >= 0.6 is 11.3 Å². The van der Waals surface area contributed by atoms with Gasteiger partial charge >= 0.3 is 0 Å². The monoisotopic (exact) mass is 214 g/mol. The summed E-state index contributed by atoms with van der Waals surface area (Å²) in [7, 11) is 0. The van der Waals surface area contributed by atoms with Gasteiger partial charge in [-0.25, -0.2) is 4.98 Å². The van der Waals surface area contributed by atoms with Crippen molar-refractivity contribution in [3.05, 3.63) is 16.1 Å².